The van der Waals surface area contributed by atoms with E-state index >= 15 is 0 Å². The third-order valence-electron chi connectivity index (χ3n) is 3.73. The number of unbranched alkanes of at least 4 members (excludes halogenated alkanes) is 5. The predicted molar refractivity (Wildman–Crippen MR) is 101 cm³/mol. The van der Waals surface area contributed by atoms with Crippen LogP contribution in [0.1, 0.15) is 45.4 Å². The zero-order chi connectivity index (χ0) is 17.0. The van der Waals surface area contributed by atoms with E-state index in [-0.39, 0.29) is 0 Å². The van der Waals surface area contributed by atoms with E-state index in [9.17, 15) is 0 Å². The summed E-state index contributed by atoms with van der Waals surface area (Å²) >= 11 is 6.05. The van der Waals surface area contributed by atoms with E-state index in [1.54, 1.807) is 6.07 Å². The summed E-state index contributed by atoms with van der Waals surface area (Å²) in [5.74, 6) is 0.875. The van der Waals surface area contributed by atoms with E-state index in [0.29, 0.717) is 10.7 Å². The van der Waals surface area contributed by atoms with Crippen molar-refractivity contribution in [2.24, 2.45) is 10.2 Å². The Balaban J connectivity index is 1.74. The first-order valence-corrected chi connectivity index (χ1v) is 9.06. The summed E-state index contributed by atoms with van der Waals surface area (Å²) in [6, 6.07) is 15.1. The van der Waals surface area contributed by atoms with Crippen molar-refractivity contribution < 1.29 is 4.74 Å². The van der Waals surface area contributed by atoms with E-state index in [4.69, 9.17) is 16.3 Å². The molecule has 0 aliphatic rings. The molecule has 0 aliphatic carbocycles. The van der Waals surface area contributed by atoms with Gasteiger partial charge >= 0.3 is 0 Å². The monoisotopic (exact) mass is 344 g/mol. The van der Waals surface area contributed by atoms with Crippen molar-refractivity contribution >= 4 is 23.0 Å². The van der Waals surface area contributed by atoms with Crippen molar-refractivity contribution in [1.82, 2.24) is 0 Å². The van der Waals surface area contributed by atoms with Crippen LogP contribution in [-0.2, 0) is 0 Å². The van der Waals surface area contributed by atoms with Gasteiger partial charge in [-0.2, -0.15) is 5.11 Å². The second-order valence-corrected chi connectivity index (χ2v) is 6.17. The minimum atomic E-state index is 0.597. The van der Waals surface area contributed by atoms with Crippen LogP contribution >= 0.6 is 11.6 Å². The molecular weight excluding hydrogens is 320 g/mol. The molecule has 0 saturated carbocycles. The highest BCUT2D eigenvalue weighted by Gasteiger charge is 1.98. The predicted octanol–water partition coefficient (Wildman–Crippen LogP) is 7.49. The minimum absolute atomic E-state index is 0.597. The van der Waals surface area contributed by atoms with Gasteiger partial charge in [-0.25, -0.2) is 0 Å². The first-order chi connectivity index (χ1) is 11.8. The van der Waals surface area contributed by atoms with Gasteiger partial charge in [0.1, 0.15) is 11.4 Å². The summed E-state index contributed by atoms with van der Waals surface area (Å²) in [7, 11) is 0. The number of hydrogen-bond donors (Lipinski definition) is 0. The van der Waals surface area contributed by atoms with Gasteiger partial charge in [-0.05, 0) is 42.8 Å². The van der Waals surface area contributed by atoms with Crippen LogP contribution in [0.25, 0.3) is 0 Å². The lowest BCUT2D eigenvalue weighted by Gasteiger charge is -2.06. The number of hydrogen-bond acceptors (Lipinski definition) is 3. The SMILES string of the molecule is CCCCCCCCOc1ccc(N=Nc2ccccc2Cl)cc1. The molecule has 24 heavy (non-hydrogen) atoms. The Bertz CT molecular complexity index is 626. The van der Waals surface area contributed by atoms with Crippen LogP contribution in [0.4, 0.5) is 11.4 Å². The Hall–Kier alpha value is -1.87. The molecule has 2 aromatic carbocycles. The Morgan fingerprint density at radius 1 is 0.833 bits per heavy atom. The van der Waals surface area contributed by atoms with Crippen molar-refractivity contribution in [3.8, 4) is 5.75 Å². The van der Waals surface area contributed by atoms with Crippen LogP contribution in [0.3, 0.4) is 0 Å². The number of ether oxygens (including phenoxy) is 1. The van der Waals surface area contributed by atoms with Crippen LogP contribution in [0, 0.1) is 0 Å². The van der Waals surface area contributed by atoms with Crippen molar-refractivity contribution in [3.63, 3.8) is 0 Å². The van der Waals surface area contributed by atoms with Gasteiger partial charge in [0.2, 0.25) is 0 Å². The third kappa shape index (κ3) is 6.71. The van der Waals surface area contributed by atoms with Crippen molar-refractivity contribution in [2.75, 3.05) is 6.61 Å². The second kappa shape index (κ2) is 10.8. The van der Waals surface area contributed by atoms with Gasteiger partial charge in [-0.3, -0.25) is 0 Å². The van der Waals surface area contributed by atoms with Gasteiger partial charge in [-0.1, -0.05) is 62.8 Å². The Labute approximate surface area is 149 Å². The molecule has 0 radical (unpaired) electrons. The average molecular weight is 345 g/mol. The maximum Gasteiger partial charge on any atom is 0.119 e. The summed E-state index contributed by atoms with van der Waals surface area (Å²) in [5, 5.41) is 8.97. The standard InChI is InChI=1S/C20H25ClN2O/c1-2-3-4-5-6-9-16-24-18-14-12-17(13-15-18)22-23-20-11-8-7-10-19(20)21/h7-8,10-15H,2-6,9,16H2,1H3. The molecule has 4 heteroatoms. The number of halogens is 1. The highest BCUT2D eigenvalue weighted by atomic mass is 35.5. The van der Waals surface area contributed by atoms with Crippen LogP contribution in [0.5, 0.6) is 5.75 Å². The quantitative estimate of drug-likeness (QED) is 0.324. The van der Waals surface area contributed by atoms with E-state index in [0.717, 1.165) is 24.5 Å². The number of nitrogens with zero attached hydrogens (tertiary/aromatic N) is 2. The second-order valence-electron chi connectivity index (χ2n) is 5.76. The lowest BCUT2D eigenvalue weighted by molar-refractivity contribution is 0.304. The highest BCUT2D eigenvalue weighted by molar-refractivity contribution is 6.32. The Morgan fingerprint density at radius 2 is 1.54 bits per heavy atom. The first-order valence-electron chi connectivity index (χ1n) is 8.68. The van der Waals surface area contributed by atoms with Crippen LogP contribution < -0.4 is 4.74 Å². The molecule has 3 nitrogen and oxygen atoms in total. The van der Waals surface area contributed by atoms with Crippen molar-refractivity contribution in [2.45, 2.75) is 45.4 Å². The fourth-order valence-corrected chi connectivity index (χ4v) is 2.50. The van der Waals surface area contributed by atoms with Gasteiger partial charge in [0.15, 0.2) is 0 Å². The molecule has 0 amide bonds. The van der Waals surface area contributed by atoms with Crippen LogP contribution in [0.15, 0.2) is 58.8 Å². The smallest absolute Gasteiger partial charge is 0.119 e. The molecular formula is C20H25ClN2O. The molecule has 0 heterocycles. The van der Waals surface area contributed by atoms with Gasteiger partial charge in [0, 0.05) is 0 Å². The van der Waals surface area contributed by atoms with Gasteiger partial charge in [-0.15, -0.1) is 5.11 Å². The molecule has 0 spiro atoms. The Morgan fingerprint density at radius 3 is 2.29 bits per heavy atom. The summed E-state index contributed by atoms with van der Waals surface area (Å²) < 4.78 is 5.76. The normalized spacial score (nSPS) is 11.1. The summed E-state index contributed by atoms with van der Waals surface area (Å²) in [4.78, 5) is 0. The molecule has 0 atom stereocenters. The van der Waals surface area contributed by atoms with E-state index in [1.807, 2.05) is 42.5 Å². The molecule has 0 N–H and O–H groups in total. The zero-order valence-corrected chi connectivity index (χ0v) is 15.0. The first kappa shape index (κ1) is 18.5. The summed E-state index contributed by atoms with van der Waals surface area (Å²) in [5.41, 5.74) is 1.45. The van der Waals surface area contributed by atoms with E-state index in [2.05, 4.69) is 17.2 Å². The summed E-state index contributed by atoms with van der Waals surface area (Å²) in [6.45, 7) is 3.01. The zero-order valence-electron chi connectivity index (χ0n) is 14.2. The van der Waals surface area contributed by atoms with Crippen molar-refractivity contribution in [3.05, 3.63) is 53.6 Å². The molecule has 0 bridgehead atoms. The van der Waals surface area contributed by atoms with Gasteiger partial charge in [0.05, 0.1) is 17.3 Å². The molecule has 2 rings (SSSR count). The number of rotatable bonds is 10. The maximum absolute atomic E-state index is 6.05. The lowest BCUT2D eigenvalue weighted by atomic mass is 10.1. The lowest BCUT2D eigenvalue weighted by Crippen LogP contribution is -1.96. The molecule has 0 saturated heterocycles. The van der Waals surface area contributed by atoms with Gasteiger partial charge < -0.3 is 4.74 Å². The molecule has 0 unspecified atom stereocenters. The maximum atomic E-state index is 6.05. The Kier molecular flexibility index (Phi) is 8.33. The largest absolute Gasteiger partial charge is 0.494 e. The van der Waals surface area contributed by atoms with E-state index in [1.165, 1.54) is 32.1 Å². The molecule has 0 aliphatic heterocycles. The number of benzene rings is 2. The van der Waals surface area contributed by atoms with E-state index < -0.39 is 0 Å². The highest BCUT2D eigenvalue weighted by Crippen LogP contribution is 2.26. The molecule has 0 aromatic heterocycles. The fourth-order valence-electron chi connectivity index (χ4n) is 2.33. The topological polar surface area (TPSA) is 34.0 Å². The number of azo groups is 1. The summed E-state index contributed by atoms with van der Waals surface area (Å²) in [6.07, 6.45) is 7.61. The van der Waals surface area contributed by atoms with Crippen LogP contribution in [-0.4, -0.2) is 6.61 Å². The fraction of sp³-hybridized carbons (Fsp3) is 0.400. The third-order valence-corrected chi connectivity index (χ3v) is 4.05. The molecule has 2 aromatic rings. The molecule has 0 fully saturated rings. The van der Waals surface area contributed by atoms with Crippen molar-refractivity contribution in [1.29, 1.82) is 0 Å². The van der Waals surface area contributed by atoms with Crippen LogP contribution in [0.2, 0.25) is 5.02 Å². The average Bonchev–Trinajstić information content (AvgIpc) is 2.61. The van der Waals surface area contributed by atoms with Gasteiger partial charge in [0.25, 0.3) is 0 Å². The minimum Gasteiger partial charge on any atom is -0.494 e. The molecule has 128 valence electrons.